The highest BCUT2D eigenvalue weighted by molar-refractivity contribution is 6.10. The molecule has 5 amide bonds. The van der Waals surface area contributed by atoms with Crippen molar-refractivity contribution in [3.63, 3.8) is 0 Å². The van der Waals surface area contributed by atoms with E-state index >= 15 is 0 Å². The van der Waals surface area contributed by atoms with Crippen molar-refractivity contribution in [1.29, 1.82) is 0 Å². The van der Waals surface area contributed by atoms with Crippen molar-refractivity contribution in [2.75, 3.05) is 6.54 Å². The number of carbonyl (C=O) groups is 4. The maximum atomic E-state index is 13.8. The van der Waals surface area contributed by atoms with Gasteiger partial charge in [-0.1, -0.05) is 91.0 Å². The lowest BCUT2D eigenvalue weighted by molar-refractivity contribution is -0.140. The molecule has 2 fully saturated rings. The van der Waals surface area contributed by atoms with Gasteiger partial charge in [0.05, 0.1) is 12.0 Å². The van der Waals surface area contributed by atoms with Crippen LogP contribution in [0.3, 0.4) is 0 Å². The van der Waals surface area contributed by atoms with Gasteiger partial charge < -0.3 is 10.2 Å². The zero-order chi connectivity index (χ0) is 25.3. The normalized spacial score (nSPS) is 19.8. The number of amides is 5. The van der Waals surface area contributed by atoms with Gasteiger partial charge in [0.15, 0.2) is 5.54 Å². The lowest BCUT2D eigenvalue weighted by Crippen LogP contribution is -2.50. The highest BCUT2D eigenvalue weighted by atomic mass is 16.2. The molecule has 8 heteroatoms. The number of urea groups is 1. The third-order valence-electron chi connectivity index (χ3n) is 6.94. The molecule has 0 aromatic heterocycles. The minimum Gasteiger partial charge on any atom is -0.335 e. The summed E-state index contributed by atoms with van der Waals surface area (Å²) in [5.41, 5.74) is 3.13. The fraction of sp³-hybridized carbons (Fsp3) is 0.214. The molecule has 2 saturated heterocycles. The Kier molecular flexibility index (Phi) is 6.01. The molecule has 2 heterocycles. The molecule has 0 saturated carbocycles. The van der Waals surface area contributed by atoms with Crippen molar-refractivity contribution in [3.8, 4) is 0 Å². The quantitative estimate of drug-likeness (QED) is 0.528. The van der Waals surface area contributed by atoms with Crippen LogP contribution in [0.4, 0.5) is 4.79 Å². The van der Waals surface area contributed by atoms with Crippen molar-refractivity contribution >= 4 is 23.8 Å². The van der Waals surface area contributed by atoms with Crippen LogP contribution in [0.5, 0.6) is 0 Å². The van der Waals surface area contributed by atoms with Crippen molar-refractivity contribution in [2.24, 2.45) is 5.92 Å². The van der Waals surface area contributed by atoms with Crippen LogP contribution < -0.4 is 10.7 Å². The lowest BCUT2D eigenvalue weighted by atomic mass is 9.83. The number of imide groups is 1. The van der Waals surface area contributed by atoms with Gasteiger partial charge in [-0.05, 0) is 23.6 Å². The summed E-state index contributed by atoms with van der Waals surface area (Å²) < 4.78 is 0. The summed E-state index contributed by atoms with van der Waals surface area (Å²) in [7, 11) is 0. The van der Waals surface area contributed by atoms with E-state index < -0.39 is 29.3 Å². The highest BCUT2D eigenvalue weighted by Crippen LogP contribution is 2.36. The van der Waals surface area contributed by atoms with Gasteiger partial charge in [-0.2, -0.15) is 5.01 Å². The van der Waals surface area contributed by atoms with Gasteiger partial charge in [0, 0.05) is 13.0 Å². The van der Waals surface area contributed by atoms with Gasteiger partial charge >= 0.3 is 6.03 Å². The second kappa shape index (κ2) is 9.30. The second-order valence-corrected chi connectivity index (χ2v) is 9.06. The summed E-state index contributed by atoms with van der Waals surface area (Å²) in [4.78, 5) is 54.3. The summed E-state index contributed by atoms with van der Waals surface area (Å²) in [6, 6.07) is 26.5. The molecule has 3 aromatic rings. The number of nitrogens with one attached hydrogen (secondary N) is 2. The average molecular weight is 483 g/mol. The average Bonchev–Trinajstić information content (AvgIpc) is 3.43. The topological polar surface area (TPSA) is 98.8 Å². The maximum absolute atomic E-state index is 13.8. The minimum atomic E-state index is -1.48. The molecule has 182 valence electrons. The molecule has 3 aromatic carbocycles. The van der Waals surface area contributed by atoms with Gasteiger partial charge in [-0.15, -0.1) is 0 Å². The summed E-state index contributed by atoms with van der Waals surface area (Å²) >= 11 is 0. The molecule has 2 N–H and O–H groups in total. The Labute approximate surface area is 208 Å². The molecule has 0 radical (unpaired) electrons. The number of nitrogens with zero attached hydrogens (tertiary/aromatic N) is 2. The van der Waals surface area contributed by atoms with Crippen LogP contribution in [-0.2, 0) is 19.9 Å². The third-order valence-corrected chi connectivity index (χ3v) is 6.94. The van der Waals surface area contributed by atoms with E-state index in [9.17, 15) is 19.2 Å². The summed E-state index contributed by atoms with van der Waals surface area (Å²) in [5, 5.41) is 3.53. The smallest absolute Gasteiger partial charge is 0.335 e. The second-order valence-electron chi connectivity index (χ2n) is 9.06. The molecule has 0 spiro atoms. The Morgan fingerprint density at radius 1 is 0.889 bits per heavy atom. The van der Waals surface area contributed by atoms with Crippen LogP contribution in [0, 0.1) is 5.92 Å². The molecular formula is C28H26N4O4. The number of hydrogen-bond acceptors (Lipinski definition) is 4. The van der Waals surface area contributed by atoms with E-state index in [4.69, 9.17) is 0 Å². The first-order valence-corrected chi connectivity index (χ1v) is 11.8. The number of carbonyl (C=O) groups excluding carboxylic acids is 4. The Balaban J connectivity index is 1.37. The molecular weight excluding hydrogens is 456 g/mol. The predicted octanol–water partition coefficient (Wildman–Crippen LogP) is 3.12. The Morgan fingerprint density at radius 3 is 1.97 bits per heavy atom. The molecule has 8 nitrogen and oxygen atoms in total. The van der Waals surface area contributed by atoms with Crippen LogP contribution in [0.1, 0.15) is 36.1 Å². The summed E-state index contributed by atoms with van der Waals surface area (Å²) in [6.07, 6.45) is 0.00910. The van der Waals surface area contributed by atoms with Gasteiger partial charge in [-0.3, -0.25) is 19.8 Å². The Hall–Kier alpha value is -4.46. The number of hydrogen-bond donors (Lipinski definition) is 2. The van der Waals surface area contributed by atoms with E-state index in [2.05, 4.69) is 10.7 Å². The number of benzene rings is 3. The zero-order valence-electron chi connectivity index (χ0n) is 19.8. The van der Waals surface area contributed by atoms with Crippen molar-refractivity contribution in [1.82, 2.24) is 20.7 Å². The largest absolute Gasteiger partial charge is 0.344 e. The molecule has 36 heavy (non-hydrogen) atoms. The van der Waals surface area contributed by atoms with E-state index in [1.54, 1.807) is 53.4 Å². The van der Waals surface area contributed by atoms with Crippen molar-refractivity contribution in [3.05, 3.63) is 108 Å². The van der Waals surface area contributed by atoms with Crippen LogP contribution >= 0.6 is 0 Å². The number of likely N-dealkylation sites (tertiary alicyclic amines) is 1. The molecule has 2 aliphatic rings. The van der Waals surface area contributed by atoms with E-state index in [1.807, 2.05) is 49.4 Å². The summed E-state index contributed by atoms with van der Waals surface area (Å²) in [5.74, 6) is -2.00. The van der Waals surface area contributed by atoms with Crippen LogP contribution in [0.15, 0.2) is 91.0 Å². The van der Waals surface area contributed by atoms with Gasteiger partial charge in [0.2, 0.25) is 11.8 Å². The molecule has 0 unspecified atom stereocenters. The highest BCUT2D eigenvalue weighted by Gasteiger charge is 2.55. The predicted molar refractivity (Wildman–Crippen MR) is 132 cm³/mol. The van der Waals surface area contributed by atoms with Crippen LogP contribution in [-0.4, -0.2) is 40.2 Å². The van der Waals surface area contributed by atoms with E-state index in [0.717, 1.165) is 10.6 Å². The van der Waals surface area contributed by atoms with Gasteiger partial charge in [0.1, 0.15) is 0 Å². The van der Waals surface area contributed by atoms with Gasteiger partial charge in [-0.25, -0.2) is 4.79 Å². The fourth-order valence-corrected chi connectivity index (χ4v) is 4.96. The van der Waals surface area contributed by atoms with E-state index in [-0.39, 0.29) is 24.9 Å². The fourth-order valence-electron chi connectivity index (χ4n) is 4.96. The van der Waals surface area contributed by atoms with Crippen molar-refractivity contribution < 1.29 is 19.2 Å². The third kappa shape index (κ3) is 3.90. The first-order chi connectivity index (χ1) is 17.4. The van der Waals surface area contributed by atoms with Gasteiger partial charge in [0.25, 0.3) is 5.91 Å². The Morgan fingerprint density at radius 2 is 1.42 bits per heavy atom. The standard InChI is InChI=1S/C28H26N4O4/c1-19(20-11-5-2-6-12-20)31-18-21(17-24(31)33)25(34)30-32-26(35)28(29-27(32)36,22-13-7-3-8-14-22)23-15-9-4-10-16-23/h2-16,19,21H,17-18H2,1H3,(H,29,36)(H,30,34)/t19-,21+/m0/s1. The van der Waals surface area contributed by atoms with Crippen molar-refractivity contribution in [2.45, 2.75) is 24.9 Å². The molecule has 0 bridgehead atoms. The van der Waals surface area contributed by atoms with E-state index in [0.29, 0.717) is 11.1 Å². The molecule has 2 atom stereocenters. The molecule has 0 aliphatic carbocycles. The molecule has 5 rings (SSSR count). The first kappa shape index (κ1) is 23.3. The lowest BCUT2D eigenvalue weighted by Gasteiger charge is -2.28. The SMILES string of the molecule is C[C@@H](c1ccccc1)N1C[C@H](C(=O)NN2C(=O)NC(c3ccccc3)(c3ccccc3)C2=O)CC1=O. The maximum Gasteiger partial charge on any atom is 0.344 e. The summed E-state index contributed by atoms with van der Waals surface area (Å²) in [6.45, 7) is 2.12. The molecule has 2 aliphatic heterocycles. The Bertz CT molecular complexity index is 1260. The minimum absolute atomic E-state index is 0.00910. The first-order valence-electron chi connectivity index (χ1n) is 11.8. The zero-order valence-corrected chi connectivity index (χ0v) is 19.8. The van der Waals surface area contributed by atoms with Crippen LogP contribution in [0.2, 0.25) is 0 Å². The number of hydrazine groups is 1. The van der Waals surface area contributed by atoms with E-state index in [1.165, 1.54) is 0 Å². The number of rotatable bonds is 6. The monoisotopic (exact) mass is 482 g/mol. The van der Waals surface area contributed by atoms with Crippen LogP contribution in [0.25, 0.3) is 0 Å².